The topological polar surface area (TPSA) is 57.8 Å². The second-order valence-corrected chi connectivity index (χ2v) is 10.8. The zero-order valence-corrected chi connectivity index (χ0v) is 21.0. The van der Waals surface area contributed by atoms with E-state index in [1.807, 2.05) is 25.7 Å². The van der Waals surface area contributed by atoms with Crippen LogP contribution in [0.5, 0.6) is 5.75 Å². The molecule has 3 atom stereocenters. The minimum atomic E-state index is -0.444. The van der Waals surface area contributed by atoms with Crippen LogP contribution in [0.15, 0.2) is 24.3 Å². The molecule has 7 heteroatoms. The van der Waals surface area contributed by atoms with Crippen LogP contribution in [0.2, 0.25) is 0 Å². The third-order valence-electron chi connectivity index (χ3n) is 7.08. The van der Waals surface area contributed by atoms with E-state index in [-0.39, 0.29) is 6.09 Å². The largest absolute Gasteiger partial charge is 0.494 e. The molecule has 3 heterocycles. The highest BCUT2D eigenvalue weighted by Crippen LogP contribution is 2.33. The maximum absolute atomic E-state index is 12.3. The lowest BCUT2D eigenvalue weighted by Crippen LogP contribution is -2.41. The molecule has 184 valence electrons. The van der Waals surface area contributed by atoms with Crippen LogP contribution in [-0.2, 0) is 9.47 Å². The fraction of sp³-hybridized carbons (Fsp3) is 0.731. The first-order chi connectivity index (χ1) is 15.7. The highest BCUT2D eigenvalue weighted by Gasteiger charge is 2.49. The lowest BCUT2D eigenvalue weighted by atomic mass is 9.89. The fourth-order valence-corrected chi connectivity index (χ4v) is 4.98. The first-order valence-electron chi connectivity index (χ1n) is 12.5. The highest BCUT2D eigenvalue weighted by atomic mass is 16.6. The number of carbonyl (C=O) groups is 1. The Hall–Kier alpha value is -1.83. The molecule has 0 spiro atoms. The van der Waals surface area contributed by atoms with Crippen LogP contribution in [0.1, 0.15) is 58.4 Å². The number of carbonyl (C=O) groups excluding carboxylic acids is 1. The number of epoxide rings is 1. The van der Waals surface area contributed by atoms with Crippen LogP contribution < -0.4 is 4.74 Å². The Balaban J connectivity index is 1.17. The number of benzene rings is 1. The van der Waals surface area contributed by atoms with Crippen LogP contribution in [0.25, 0.3) is 0 Å². The molecular formula is C26H41N3O4. The van der Waals surface area contributed by atoms with Crippen LogP contribution in [0.4, 0.5) is 4.79 Å². The van der Waals surface area contributed by atoms with Crippen LogP contribution >= 0.6 is 0 Å². The molecule has 4 rings (SSSR count). The molecule has 0 N–H and O–H groups in total. The van der Waals surface area contributed by atoms with Crippen molar-refractivity contribution >= 4 is 6.09 Å². The van der Waals surface area contributed by atoms with E-state index in [2.05, 4.69) is 48.0 Å². The monoisotopic (exact) mass is 459 g/mol. The summed E-state index contributed by atoms with van der Waals surface area (Å²) in [4.78, 5) is 19.0. The predicted molar refractivity (Wildman–Crippen MR) is 129 cm³/mol. The molecule has 3 aliphatic heterocycles. The van der Waals surface area contributed by atoms with E-state index in [9.17, 15) is 4.79 Å². The van der Waals surface area contributed by atoms with Crippen LogP contribution in [-0.4, -0.2) is 91.1 Å². The van der Waals surface area contributed by atoms with Gasteiger partial charge in [0.05, 0.1) is 6.61 Å². The van der Waals surface area contributed by atoms with Crippen molar-refractivity contribution in [3.63, 3.8) is 0 Å². The molecular weight excluding hydrogens is 418 g/mol. The molecule has 3 aliphatic rings. The van der Waals surface area contributed by atoms with Crippen molar-refractivity contribution in [2.75, 3.05) is 46.4 Å². The summed E-state index contributed by atoms with van der Waals surface area (Å²) in [6.45, 7) is 13.4. The average molecular weight is 460 g/mol. The van der Waals surface area contributed by atoms with Crippen molar-refractivity contribution in [2.24, 2.45) is 0 Å². The summed E-state index contributed by atoms with van der Waals surface area (Å²) in [6, 6.07) is 9.01. The molecule has 1 aromatic rings. The zero-order valence-electron chi connectivity index (χ0n) is 21.0. The van der Waals surface area contributed by atoms with Crippen molar-refractivity contribution in [1.29, 1.82) is 0 Å². The van der Waals surface area contributed by atoms with Gasteiger partial charge in [0.15, 0.2) is 0 Å². The Bertz CT molecular complexity index is 786. The number of nitrogens with zero attached hydrogens (tertiary/aromatic N) is 3. The number of hydrogen-bond donors (Lipinski definition) is 0. The van der Waals surface area contributed by atoms with Gasteiger partial charge in [0, 0.05) is 38.8 Å². The van der Waals surface area contributed by atoms with Gasteiger partial charge in [0.1, 0.15) is 23.7 Å². The van der Waals surface area contributed by atoms with E-state index in [1.165, 1.54) is 5.56 Å². The number of rotatable bonds is 6. The molecule has 0 bridgehead atoms. The smallest absolute Gasteiger partial charge is 0.410 e. The van der Waals surface area contributed by atoms with Gasteiger partial charge in [0.25, 0.3) is 0 Å². The SMILES string of the molecule is C[C@@H]1C2OC2N(C)CCN1CCCOc1ccc(C2CCN(C(=O)OC(C)(C)C)CC2)cc1. The zero-order chi connectivity index (χ0) is 23.6. The van der Waals surface area contributed by atoms with Crippen molar-refractivity contribution in [3.05, 3.63) is 29.8 Å². The van der Waals surface area contributed by atoms with E-state index < -0.39 is 5.60 Å². The molecule has 1 amide bonds. The maximum atomic E-state index is 12.3. The number of likely N-dealkylation sites (tertiary alicyclic amines) is 1. The number of ether oxygens (including phenoxy) is 3. The molecule has 2 unspecified atom stereocenters. The van der Waals surface area contributed by atoms with Crippen molar-refractivity contribution in [1.82, 2.24) is 14.7 Å². The minimum Gasteiger partial charge on any atom is -0.494 e. The van der Waals surface area contributed by atoms with Gasteiger partial charge in [0.2, 0.25) is 0 Å². The second kappa shape index (κ2) is 10.2. The summed E-state index contributed by atoms with van der Waals surface area (Å²) < 4.78 is 17.3. The number of hydrogen-bond acceptors (Lipinski definition) is 6. The van der Waals surface area contributed by atoms with Gasteiger partial charge in [-0.15, -0.1) is 0 Å². The number of likely N-dealkylation sites (N-methyl/N-ethyl adjacent to an activating group) is 1. The Morgan fingerprint density at radius 3 is 2.45 bits per heavy atom. The quantitative estimate of drug-likeness (QED) is 0.475. The third kappa shape index (κ3) is 6.40. The predicted octanol–water partition coefficient (Wildman–Crippen LogP) is 3.93. The summed E-state index contributed by atoms with van der Waals surface area (Å²) >= 11 is 0. The normalized spacial score (nSPS) is 27.1. The van der Waals surface area contributed by atoms with Crippen molar-refractivity contribution < 1.29 is 19.0 Å². The van der Waals surface area contributed by atoms with E-state index in [1.54, 1.807) is 0 Å². The van der Waals surface area contributed by atoms with Gasteiger partial charge in [-0.05, 0) is 77.6 Å². The molecule has 0 aliphatic carbocycles. The summed E-state index contributed by atoms with van der Waals surface area (Å²) in [5, 5.41) is 0. The van der Waals surface area contributed by atoms with Crippen LogP contribution in [0.3, 0.4) is 0 Å². The third-order valence-corrected chi connectivity index (χ3v) is 7.08. The molecule has 3 saturated heterocycles. The maximum Gasteiger partial charge on any atom is 0.410 e. The van der Waals surface area contributed by atoms with E-state index >= 15 is 0 Å². The number of amides is 1. The minimum absolute atomic E-state index is 0.198. The Morgan fingerprint density at radius 2 is 1.79 bits per heavy atom. The van der Waals surface area contributed by atoms with Gasteiger partial charge in [-0.3, -0.25) is 9.80 Å². The fourth-order valence-electron chi connectivity index (χ4n) is 4.98. The summed E-state index contributed by atoms with van der Waals surface area (Å²) in [5.41, 5.74) is 0.883. The molecule has 0 radical (unpaired) electrons. The first kappa shape index (κ1) is 24.3. The van der Waals surface area contributed by atoms with Gasteiger partial charge in [-0.2, -0.15) is 0 Å². The lowest BCUT2D eigenvalue weighted by Gasteiger charge is -2.33. The Labute approximate surface area is 198 Å². The van der Waals surface area contributed by atoms with Gasteiger partial charge >= 0.3 is 6.09 Å². The highest BCUT2D eigenvalue weighted by molar-refractivity contribution is 5.68. The van der Waals surface area contributed by atoms with Gasteiger partial charge in [-0.25, -0.2) is 4.79 Å². The van der Waals surface area contributed by atoms with Gasteiger partial charge < -0.3 is 19.1 Å². The van der Waals surface area contributed by atoms with E-state index in [4.69, 9.17) is 14.2 Å². The van der Waals surface area contributed by atoms with Crippen molar-refractivity contribution in [2.45, 2.75) is 76.9 Å². The standard InChI is InChI=1S/C26H41N3O4/c1-19-23-24(32-23)27(5)16-17-28(19)13-6-18-31-22-9-7-20(8-10-22)21-11-14-29(15-12-21)25(30)33-26(2,3)4/h7-10,19,21,23-24H,6,11-18H2,1-5H3/t19-,23?,24?/m1/s1. The van der Waals surface area contributed by atoms with E-state index in [0.29, 0.717) is 24.3 Å². The van der Waals surface area contributed by atoms with Crippen molar-refractivity contribution in [3.8, 4) is 5.75 Å². The molecule has 1 aromatic carbocycles. The lowest BCUT2D eigenvalue weighted by molar-refractivity contribution is 0.0205. The summed E-state index contributed by atoms with van der Waals surface area (Å²) in [6.07, 6.45) is 3.43. The molecule has 3 fully saturated rings. The molecule has 7 nitrogen and oxygen atoms in total. The molecule has 0 aromatic heterocycles. The average Bonchev–Trinajstić information content (AvgIpc) is 3.59. The number of piperidine rings is 1. The second-order valence-electron chi connectivity index (χ2n) is 10.8. The van der Waals surface area contributed by atoms with E-state index in [0.717, 1.165) is 64.3 Å². The Morgan fingerprint density at radius 1 is 1.09 bits per heavy atom. The summed E-state index contributed by atoms with van der Waals surface area (Å²) in [7, 11) is 2.15. The van der Waals surface area contributed by atoms with Gasteiger partial charge in [-0.1, -0.05) is 12.1 Å². The number of fused-ring (bicyclic) bond motifs is 1. The summed E-state index contributed by atoms with van der Waals surface area (Å²) in [5.74, 6) is 1.41. The molecule has 0 saturated carbocycles. The Kier molecular flexibility index (Phi) is 7.51. The van der Waals surface area contributed by atoms with Crippen LogP contribution in [0, 0.1) is 0 Å². The first-order valence-corrected chi connectivity index (χ1v) is 12.5. The molecule has 33 heavy (non-hydrogen) atoms.